The van der Waals surface area contributed by atoms with Gasteiger partial charge in [-0.25, -0.2) is 0 Å². The van der Waals surface area contributed by atoms with Crippen LogP contribution in [0.4, 0.5) is 0 Å². The zero-order valence-corrected chi connectivity index (χ0v) is 8.31. The fraction of sp³-hybridized carbons (Fsp3) is 0.250. The van der Waals surface area contributed by atoms with E-state index in [1.54, 1.807) is 0 Å². The normalized spacial score (nSPS) is 8.70. The number of aryl methyl sites for hydroxylation is 1. The van der Waals surface area contributed by atoms with Crippen molar-refractivity contribution in [3.63, 3.8) is 0 Å². The Labute approximate surface area is 78.2 Å². The van der Waals surface area contributed by atoms with E-state index in [1.165, 1.54) is 11.1 Å². The maximum absolute atomic E-state index is 4.27. The summed E-state index contributed by atoms with van der Waals surface area (Å²) in [5.74, 6) is 0. The van der Waals surface area contributed by atoms with Crippen LogP contribution in [0, 0.1) is 13.8 Å². The molecule has 0 heterocycles. The molecule has 0 nitrogen and oxygen atoms in total. The summed E-state index contributed by atoms with van der Waals surface area (Å²) in [4.78, 5) is 1.08. The Balaban J connectivity index is 0.000000810. The summed E-state index contributed by atoms with van der Waals surface area (Å²) in [6.45, 7) is 4.17. The van der Waals surface area contributed by atoms with Gasteiger partial charge in [-0.2, -0.15) is 0 Å². The Morgan fingerprint density at radius 3 is 2.20 bits per heavy atom. The molecule has 0 aliphatic carbocycles. The van der Waals surface area contributed by atoms with Crippen molar-refractivity contribution < 1.29 is 0 Å². The summed E-state index contributed by atoms with van der Waals surface area (Å²) in [6, 6.07) is 6.12. The first-order valence-corrected chi connectivity index (χ1v) is 3.41. The molecule has 0 N–H and O–H groups in total. The average Bonchev–Trinajstić information content (AvgIpc) is 1.83. The second-order valence-electron chi connectivity index (χ2n) is 2.22. The molecule has 2 heteroatoms. The minimum atomic E-state index is 0. The molecular weight excluding hydrogens is 155 g/mol. The second-order valence-corrected chi connectivity index (χ2v) is 2.70. The zero-order valence-electron chi connectivity index (χ0n) is 6.26. The maximum Gasteiger partial charge on any atom is 3.00 e. The standard InChI is InChI=1S/C8H10S.Al/c1-6-4-3-5-8(9)7(6)2;/h3-5,9H,1-2H3;/q;+3. The van der Waals surface area contributed by atoms with Gasteiger partial charge in [0.25, 0.3) is 0 Å². The Hall–Kier alpha value is 0.102. The van der Waals surface area contributed by atoms with Crippen LogP contribution in [0.15, 0.2) is 23.1 Å². The molecule has 48 valence electrons. The van der Waals surface area contributed by atoms with Crippen molar-refractivity contribution in [1.82, 2.24) is 0 Å². The summed E-state index contributed by atoms with van der Waals surface area (Å²) in [5.41, 5.74) is 2.59. The molecule has 0 saturated carbocycles. The second kappa shape index (κ2) is 4.08. The fourth-order valence-corrected chi connectivity index (χ4v) is 0.998. The molecule has 0 radical (unpaired) electrons. The Morgan fingerprint density at radius 2 is 1.80 bits per heavy atom. The van der Waals surface area contributed by atoms with Crippen molar-refractivity contribution in [1.29, 1.82) is 0 Å². The molecule has 0 bridgehead atoms. The van der Waals surface area contributed by atoms with Gasteiger partial charge in [0.15, 0.2) is 0 Å². The zero-order chi connectivity index (χ0) is 6.85. The van der Waals surface area contributed by atoms with E-state index in [1.807, 2.05) is 12.1 Å². The minimum absolute atomic E-state index is 0. The number of hydrogen-bond donors (Lipinski definition) is 1. The maximum atomic E-state index is 4.27. The molecular formula is C8H10AlS+3. The van der Waals surface area contributed by atoms with Crippen molar-refractivity contribution in [3.05, 3.63) is 29.3 Å². The van der Waals surface area contributed by atoms with Crippen molar-refractivity contribution in [2.24, 2.45) is 0 Å². The quantitative estimate of drug-likeness (QED) is 0.442. The summed E-state index contributed by atoms with van der Waals surface area (Å²) >= 11 is 4.27. The van der Waals surface area contributed by atoms with E-state index in [2.05, 4.69) is 32.5 Å². The molecule has 0 unspecified atom stereocenters. The minimum Gasteiger partial charge on any atom is -0.143 e. The van der Waals surface area contributed by atoms with Crippen LogP contribution in [-0.2, 0) is 0 Å². The predicted octanol–water partition coefficient (Wildman–Crippen LogP) is 2.21. The van der Waals surface area contributed by atoms with Gasteiger partial charge in [0, 0.05) is 4.90 Å². The first-order chi connectivity index (χ1) is 4.22. The first-order valence-electron chi connectivity index (χ1n) is 2.97. The van der Waals surface area contributed by atoms with Crippen LogP contribution >= 0.6 is 12.6 Å². The van der Waals surface area contributed by atoms with Crippen molar-refractivity contribution >= 4 is 30.0 Å². The van der Waals surface area contributed by atoms with E-state index in [0.717, 1.165) is 4.90 Å². The molecule has 0 aliphatic rings. The van der Waals surface area contributed by atoms with E-state index in [4.69, 9.17) is 0 Å². The van der Waals surface area contributed by atoms with E-state index in [9.17, 15) is 0 Å². The van der Waals surface area contributed by atoms with Gasteiger partial charge in [0.2, 0.25) is 0 Å². The average molecular weight is 165 g/mol. The largest absolute Gasteiger partial charge is 3.00 e. The SMILES string of the molecule is Cc1cccc(S)c1C.[Al+3]. The van der Waals surface area contributed by atoms with Crippen LogP contribution in [0.3, 0.4) is 0 Å². The van der Waals surface area contributed by atoms with Gasteiger partial charge in [-0.3, -0.25) is 0 Å². The van der Waals surface area contributed by atoms with Crippen LogP contribution in [0.25, 0.3) is 0 Å². The Kier molecular flexibility index (Phi) is 4.12. The Bertz CT molecular complexity index is 200. The van der Waals surface area contributed by atoms with E-state index in [-0.39, 0.29) is 17.4 Å². The van der Waals surface area contributed by atoms with Gasteiger partial charge in [0.1, 0.15) is 0 Å². The smallest absolute Gasteiger partial charge is 0.143 e. The van der Waals surface area contributed by atoms with Crippen LogP contribution in [0.5, 0.6) is 0 Å². The third-order valence-corrected chi connectivity index (χ3v) is 2.06. The van der Waals surface area contributed by atoms with Crippen molar-refractivity contribution in [2.75, 3.05) is 0 Å². The van der Waals surface area contributed by atoms with Gasteiger partial charge < -0.3 is 0 Å². The molecule has 0 spiro atoms. The molecule has 0 aliphatic heterocycles. The first kappa shape index (κ1) is 10.1. The summed E-state index contributed by atoms with van der Waals surface area (Å²) in [6.07, 6.45) is 0. The third-order valence-electron chi connectivity index (χ3n) is 1.58. The monoisotopic (exact) mass is 165 g/mol. The van der Waals surface area contributed by atoms with E-state index >= 15 is 0 Å². The number of hydrogen-bond acceptors (Lipinski definition) is 1. The summed E-state index contributed by atoms with van der Waals surface area (Å²) in [5, 5.41) is 0. The van der Waals surface area contributed by atoms with Crippen LogP contribution < -0.4 is 0 Å². The summed E-state index contributed by atoms with van der Waals surface area (Å²) in [7, 11) is 0. The van der Waals surface area contributed by atoms with Gasteiger partial charge in [0.05, 0.1) is 0 Å². The van der Waals surface area contributed by atoms with Gasteiger partial charge in [-0.15, -0.1) is 12.6 Å². The topological polar surface area (TPSA) is 0 Å². The predicted molar refractivity (Wildman–Crippen MR) is 48.9 cm³/mol. The molecule has 0 aromatic heterocycles. The molecule has 10 heavy (non-hydrogen) atoms. The van der Waals surface area contributed by atoms with E-state index < -0.39 is 0 Å². The molecule has 1 rings (SSSR count). The van der Waals surface area contributed by atoms with Crippen LogP contribution in [0.2, 0.25) is 0 Å². The molecule has 0 amide bonds. The molecule has 0 atom stereocenters. The molecule has 0 fully saturated rings. The molecule has 0 saturated heterocycles. The molecule has 1 aromatic carbocycles. The van der Waals surface area contributed by atoms with Gasteiger partial charge in [-0.1, -0.05) is 12.1 Å². The molecule has 1 aromatic rings. The van der Waals surface area contributed by atoms with E-state index in [0.29, 0.717) is 0 Å². The van der Waals surface area contributed by atoms with Gasteiger partial charge >= 0.3 is 17.4 Å². The van der Waals surface area contributed by atoms with Crippen LogP contribution in [-0.4, -0.2) is 17.4 Å². The van der Waals surface area contributed by atoms with Crippen LogP contribution in [0.1, 0.15) is 11.1 Å². The van der Waals surface area contributed by atoms with Crippen molar-refractivity contribution in [3.8, 4) is 0 Å². The third kappa shape index (κ3) is 2.06. The number of benzene rings is 1. The Morgan fingerprint density at radius 1 is 1.20 bits per heavy atom. The number of rotatable bonds is 0. The van der Waals surface area contributed by atoms with Crippen molar-refractivity contribution in [2.45, 2.75) is 18.7 Å². The number of thiol groups is 1. The summed E-state index contributed by atoms with van der Waals surface area (Å²) < 4.78 is 0. The van der Waals surface area contributed by atoms with Gasteiger partial charge in [-0.05, 0) is 31.0 Å². The fourth-order valence-electron chi connectivity index (χ4n) is 0.736.